The van der Waals surface area contributed by atoms with E-state index in [2.05, 4.69) is 5.92 Å². The van der Waals surface area contributed by atoms with Crippen LogP contribution in [0.3, 0.4) is 0 Å². The molecular formula is C8H10F3. The Morgan fingerprint density at radius 2 is 1.73 bits per heavy atom. The standard InChI is InChI=1S/C8H10F3/c1-2-3-4-5-6-7-8(9,10)11/h3-7H2. The van der Waals surface area contributed by atoms with Gasteiger partial charge >= 0.3 is 6.18 Å². The van der Waals surface area contributed by atoms with Crippen molar-refractivity contribution >= 4 is 0 Å². The van der Waals surface area contributed by atoms with Crippen LogP contribution in [0.15, 0.2) is 0 Å². The summed E-state index contributed by atoms with van der Waals surface area (Å²) in [5, 5.41) is 0. The predicted octanol–water partition coefficient (Wildman–Crippen LogP) is 3.09. The van der Waals surface area contributed by atoms with Crippen molar-refractivity contribution in [2.75, 3.05) is 0 Å². The first-order valence-corrected chi connectivity index (χ1v) is 3.52. The second-order valence-electron chi connectivity index (χ2n) is 2.35. The molecule has 0 aromatic rings. The van der Waals surface area contributed by atoms with Crippen molar-refractivity contribution in [1.82, 2.24) is 0 Å². The molecule has 0 spiro atoms. The Kier molecular flexibility index (Phi) is 4.76. The second-order valence-corrected chi connectivity index (χ2v) is 2.35. The minimum Gasteiger partial charge on any atom is -0.171 e. The summed E-state index contributed by atoms with van der Waals surface area (Å²) in [7, 11) is 0. The molecule has 0 aromatic carbocycles. The quantitative estimate of drug-likeness (QED) is 0.441. The molecule has 1 radical (unpaired) electrons. The van der Waals surface area contributed by atoms with Gasteiger partial charge in [-0.3, -0.25) is 0 Å². The smallest absolute Gasteiger partial charge is 0.171 e. The monoisotopic (exact) mass is 163 g/mol. The topological polar surface area (TPSA) is 0 Å². The Labute approximate surface area is 64.8 Å². The highest BCUT2D eigenvalue weighted by atomic mass is 19.4. The first-order valence-electron chi connectivity index (χ1n) is 3.52. The molecule has 0 rings (SSSR count). The lowest BCUT2D eigenvalue weighted by atomic mass is 10.1. The largest absolute Gasteiger partial charge is 0.389 e. The Bertz CT molecular complexity index is 129. The average molecular weight is 163 g/mol. The molecule has 0 nitrogen and oxygen atoms in total. The van der Waals surface area contributed by atoms with Crippen molar-refractivity contribution < 1.29 is 13.2 Å². The van der Waals surface area contributed by atoms with Crippen LogP contribution in [0.5, 0.6) is 0 Å². The molecule has 0 N–H and O–H groups in total. The number of hydrogen-bond acceptors (Lipinski definition) is 0. The molecule has 0 atom stereocenters. The summed E-state index contributed by atoms with van der Waals surface area (Å²) in [6, 6.07) is 0. The van der Waals surface area contributed by atoms with E-state index in [1.807, 2.05) is 0 Å². The third-order valence-corrected chi connectivity index (χ3v) is 1.26. The molecule has 3 heteroatoms. The molecule has 0 bridgehead atoms. The van der Waals surface area contributed by atoms with Crippen molar-refractivity contribution in [1.29, 1.82) is 0 Å². The van der Waals surface area contributed by atoms with Gasteiger partial charge in [0, 0.05) is 12.8 Å². The summed E-state index contributed by atoms with van der Waals surface area (Å²) in [6.07, 6.45) is 3.58. The van der Waals surface area contributed by atoms with Crippen LogP contribution in [0, 0.1) is 12.3 Å². The van der Waals surface area contributed by atoms with E-state index < -0.39 is 12.6 Å². The van der Waals surface area contributed by atoms with Crippen molar-refractivity contribution in [2.45, 2.75) is 38.3 Å². The van der Waals surface area contributed by atoms with E-state index in [4.69, 9.17) is 6.42 Å². The third-order valence-electron chi connectivity index (χ3n) is 1.26. The lowest BCUT2D eigenvalue weighted by molar-refractivity contribution is -0.135. The van der Waals surface area contributed by atoms with Crippen LogP contribution in [0.4, 0.5) is 13.2 Å². The Hall–Kier alpha value is -0.650. The maximum absolute atomic E-state index is 11.5. The van der Waals surface area contributed by atoms with Gasteiger partial charge in [0.2, 0.25) is 0 Å². The van der Waals surface area contributed by atoms with Crippen LogP contribution in [-0.2, 0) is 0 Å². The van der Waals surface area contributed by atoms with E-state index in [1.54, 1.807) is 0 Å². The number of halogens is 3. The highest BCUT2D eigenvalue weighted by Crippen LogP contribution is 2.22. The fourth-order valence-electron chi connectivity index (χ4n) is 0.716. The number of hydrogen-bond donors (Lipinski definition) is 0. The lowest BCUT2D eigenvalue weighted by Gasteiger charge is -2.03. The van der Waals surface area contributed by atoms with Crippen molar-refractivity contribution in [3.05, 3.63) is 6.42 Å². The maximum atomic E-state index is 11.5. The van der Waals surface area contributed by atoms with E-state index in [1.165, 1.54) is 0 Å². The molecule has 0 unspecified atom stereocenters. The summed E-state index contributed by atoms with van der Waals surface area (Å²) in [4.78, 5) is 0. The van der Waals surface area contributed by atoms with Crippen molar-refractivity contribution in [3.63, 3.8) is 0 Å². The van der Waals surface area contributed by atoms with Gasteiger partial charge in [-0.15, -0.1) is 0 Å². The van der Waals surface area contributed by atoms with Crippen LogP contribution < -0.4 is 0 Å². The van der Waals surface area contributed by atoms with E-state index in [0.717, 1.165) is 0 Å². The molecule has 0 fully saturated rings. The molecule has 63 valence electrons. The molecule has 0 amide bonds. The molecule has 11 heavy (non-hydrogen) atoms. The van der Waals surface area contributed by atoms with E-state index in [9.17, 15) is 13.2 Å². The van der Waals surface area contributed by atoms with E-state index >= 15 is 0 Å². The average Bonchev–Trinajstić information content (AvgIpc) is 1.85. The zero-order valence-corrected chi connectivity index (χ0v) is 6.17. The molecule has 0 aliphatic carbocycles. The lowest BCUT2D eigenvalue weighted by Crippen LogP contribution is -2.06. The van der Waals surface area contributed by atoms with Crippen LogP contribution in [0.1, 0.15) is 32.1 Å². The highest BCUT2D eigenvalue weighted by Gasteiger charge is 2.25. The molecular weight excluding hydrogens is 153 g/mol. The van der Waals surface area contributed by atoms with Gasteiger partial charge in [-0.1, -0.05) is 12.3 Å². The summed E-state index contributed by atoms with van der Waals surface area (Å²) < 4.78 is 34.5. The van der Waals surface area contributed by atoms with Gasteiger partial charge < -0.3 is 0 Å². The van der Waals surface area contributed by atoms with Gasteiger partial charge in [0.1, 0.15) is 0 Å². The number of alkyl halides is 3. The summed E-state index contributed by atoms with van der Waals surface area (Å²) >= 11 is 0. The zero-order valence-electron chi connectivity index (χ0n) is 6.17. The fourth-order valence-corrected chi connectivity index (χ4v) is 0.716. The van der Waals surface area contributed by atoms with Crippen molar-refractivity contribution in [3.8, 4) is 5.92 Å². The van der Waals surface area contributed by atoms with Crippen LogP contribution in [0.25, 0.3) is 0 Å². The van der Waals surface area contributed by atoms with Gasteiger partial charge in [0.15, 0.2) is 0 Å². The molecule has 0 saturated carbocycles. The molecule has 0 aromatic heterocycles. The maximum Gasteiger partial charge on any atom is 0.389 e. The van der Waals surface area contributed by atoms with Gasteiger partial charge in [-0.2, -0.15) is 13.2 Å². The van der Waals surface area contributed by atoms with Gasteiger partial charge in [0.25, 0.3) is 0 Å². The molecule has 0 aliphatic heterocycles. The highest BCUT2D eigenvalue weighted by molar-refractivity contribution is 4.74. The van der Waals surface area contributed by atoms with Crippen LogP contribution >= 0.6 is 0 Å². The first kappa shape index (κ1) is 10.3. The van der Waals surface area contributed by atoms with Crippen molar-refractivity contribution in [2.24, 2.45) is 0 Å². The Morgan fingerprint density at radius 3 is 2.18 bits per heavy atom. The third kappa shape index (κ3) is 9.35. The molecule has 0 aliphatic rings. The van der Waals surface area contributed by atoms with E-state index in [0.29, 0.717) is 19.3 Å². The fraction of sp³-hybridized carbons (Fsp3) is 0.750. The molecule has 0 heterocycles. The summed E-state index contributed by atoms with van der Waals surface area (Å²) in [6.45, 7) is 0. The number of rotatable bonds is 4. The summed E-state index contributed by atoms with van der Waals surface area (Å²) in [5.74, 6) is 2.13. The number of unbranched alkanes of at least 4 members (excludes halogenated alkanes) is 3. The van der Waals surface area contributed by atoms with Gasteiger partial charge in [-0.05, 0) is 19.3 Å². The summed E-state index contributed by atoms with van der Waals surface area (Å²) in [5.41, 5.74) is 0. The predicted molar refractivity (Wildman–Crippen MR) is 36.3 cm³/mol. The van der Waals surface area contributed by atoms with Crippen LogP contribution in [-0.4, -0.2) is 6.18 Å². The SMILES string of the molecule is [C]#CCCCCCC(F)(F)F. The molecule has 0 saturated heterocycles. The Balaban J connectivity index is 3.10. The second kappa shape index (κ2) is 5.06. The Morgan fingerprint density at radius 1 is 1.09 bits per heavy atom. The zero-order chi connectivity index (χ0) is 8.74. The van der Waals surface area contributed by atoms with E-state index in [-0.39, 0.29) is 6.42 Å². The van der Waals surface area contributed by atoms with Gasteiger partial charge in [0.05, 0.1) is 0 Å². The first-order chi connectivity index (χ1) is 5.06. The minimum absolute atomic E-state index is 0.172. The normalized spacial score (nSPS) is 11.1. The van der Waals surface area contributed by atoms with Crippen LogP contribution in [0.2, 0.25) is 0 Å². The van der Waals surface area contributed by atoms with Gasteiger partial charge in [-0.25, -0.2) is 0 Å². The minimum atomic E-state index is -4.02.